The fraction of sp³-hybridized carbons (Fsp3) is 0.500. The van der Waals surface area contributed by atoms with E-state index in [1.807, 2.05) is 38.1 Å². The number of benzene rings is 1. The molecule has 0 saturated carbocycles. The van der Waals surface area contributed by atoms with Gasteiger partial charge in [0.2, 0.25) is 5.91 Å². The summed E-state index contributed by atoms with van der Waals surface area (Å²) in [5.74, 6) is -0.112. The Labute approximate surface area is 114 Å². The van der Waals surface area contributed by atoms with E-state index in [9.17, 15) is 4.79 Å². The Hall–Kier alpha value is -1.06. The van der Waals surface area contributed by atoms with Crippen molar-refractivity contribution in [3.05, 3.63) is 34.9 Å². The van der Waals surface area contributed by atoms with Crippen LogP contribution >= 0.6 is 11.6 Å². The SMILES string of the molecule is CCC(C)(N)C(=O)NC(C)Cc1cccc(Cl)c1. The predicted molar refractivity (Wildman–Crippen MR) is 75.6 cm³/mol. The largest absolute Gasteiger partial charge is 0.352 e. The van der Waals surface area contributed by atoms with Crippen molar-refractivity contribution in [2.24, 2.45) is 5.73 Å². The van der Waals surface area contributed by atoms with Gasteiger partial charge >= 0.3 is 0 Å². The zero-order valence-electron chi connectivity index (χ0n) is 11.2. The summed E-state index contributed by atoms with van der Waals surface area (Å²) in [5, 5.41) is 3.64. The first-order chi connectivity index (χ1) is 8.35. The highest BCUT2D eigenvalue weighted by Crippen LogP contribution is 2.13. The third-order valence-electron chi connectivity index (χ3n) is 3.06. The molecule has 0 radical (unpaired) electrons. The summed E-state index contributed by atoms with van der Waals surface area (Å²) in [5.41, 5.74) is 6.19. The number of nitrogens with one attached hydrogen (secondary N) is 1. The van der Waals surface area contributed by atoms with Gasteiger partial charge in [-0.05, 0) is 44.4 Å². The highest BCUT2D eigenvalue weighted by Gasteiger charge is 2.26. The van der Waals surface area contributed by atoms with Crippen LogP contribution in [0.1, 0.15) is 32.8 Å². The van der Waals surface area contributed by atoms with E-state index in [0.717, 1.165) is 12.0 Å². The van der Waals surface area contributed by atoms with Crippen LogP contribution in [0.2, 0.25) is 5.02 Å². The molecule has 18 heavy (non-hydrogen) atoms. The number of carbonyl (C=O) groups is 1. The quantitative estimate of drug-likeness (QED) is 0.862. The topological polar surface area (TPSA) is 55.1 Å². The number of halogens is 1. The zero-order valence-corrected chi connectivity index (χ0v) is 11.9. The Morgan fingerprint density at radius 1 is 1.56 bits per heavy atom. The summed E-state index contributed by atoms with van der Waals surface area (Å²) < 4.78 is 0. The summed E-state index contributed by atoms with van der Waals surface area (Å²) in [6.45, 7) is 5.61. The van der Waals surface area contributed by atoms with Gasteiger partial charge in [-0.2, -0.15) is 0 Å². The van der Waals surface area contributed by atoms with Gasteiger partial charge in [0.25, 0.3) is 0 Å². The highest BCUT2D eigenvalue weighted by atomic mass is 35.5. The maximum atomic E-state index is 11.9. The first-order valence-electron chi connectivity index (χ1n) is 6.19. The summed E-state index contributed by atoms with van der Waals surface area (Å²) in [6.07, 6.45) is 1.36. The van der Waals surface area contributed by atoms with Gasteiger partial charge in [0.05, 0.1) is 5.54 Å². The van der Waals surface area contributed by atoms with E-state index in [1.165, 1.54) is 0 Å². The number of rotatable bonds is 5. The Kier molecular flexibility index (Phi) is 5.17. The third-order valence-corrected chi connectivity index (χ3v) is 3.30. The number of hydrogen-bond donors (Lipinski definition) is 2. The molecule has 1 rings (SSSR count). The molecule has 3 nitrogen and oxygen atoms in total. The van der Waals surface area contributed by atoms with Gasteiger partial charge in [0.1, 0.15) is 0 Å². The van der Waals surface area contributed by atoms with E-state index in [1.54, 1.807) is 6.92 Å². The van der Waals surface area contributed by atoms with E-state index in [4.69, 9.17) is 17.3 Å². The molecule has 0 saturated heterocycles. The molecule has 0 aliphatic carbocycles. The van der Waals surface area contributed by atoms with E-state index in [2.05, 4.69) is 5.32 Å². The molecule has 0 aliphatic heterocycles. The molecule has 0 heterocycles. The Balaban J connectivity index is 2.57. The molecule has 0 aliphatic rings. The average Bonchev–Trinajstić information content (AvgIpc) is 2.28. The molecule has 4 heteroatoms. The summed E-state index contributed by atoms with van der Waals surface area (Å²) in [6, 6.07) is 7.68. The van der Waals surface area contributed by atoms with Crippen molar-refractivity contribution in [3.8, 4) is 0 Å². The molecule has 0 bridgehead atoms. The van der Waals surface area contributed by atoms with Crippen LogP contribution < -0.4 is 11.1 Å². The molecule has 0 fully saturated rings. The van der Waals surface area contributed by atoms with E-state index in [0.29, 0.717) is 11.4 Å². The molecule has 3 N–H and O–H groups in total. The molecule has 2 unspecified atom stereocenters. The number of amides is 1. The smallest absolute Gasteiger partial charge is 0.240 e. The van der Waals surface area contributed by atoms with Crippen molar-refractivity contribution in [1.82, 2.24) is 5.32 Å². The lowest BCUT2D eigenvalue weighted by atomic mass is 9.98. The van der Waals surface area contributed by atoms with Gasteiger partial charge in [-0.1, -0.05) is 30.7 Å². The molecule has 0 spiro atoms. The second kappa shape index (κ2) is 6.21. The van der Waals surface area contributed by atoms with E-state index in [-0.39, 0.29) is 11.9 Å². The molecule has 100 valence electrons. The van der Waals surface area contributed by atoms with Gasteiger partial charge in [-0.25, -0.2) is 0 Å². The van der Waals surface area contributed by atoms with Crippen LogP contribution in [0.25, 0.3) is 0 Å². The second-order valence-corrected chi connectivity index (χ2v) is 5.42. The van der Waals surface area contributed by atoms with Gasteiger partial charge in [-0.15, -0.1) is 0 Å². The average molecular weight is 269 g/mol. The molecule has 1 aromatic carbocycles. The minimum atomic E-state index is -0.803. The van der Waals surface area contributed by atoms with Gasteiger partial charge in [0.15, 0.2) is 0 Å². The van der Waals surface area contributed by atoms with Crippen LogP contribution in [-0.2, 0) is 11.2 Å². The van der Waals surface area contributed by atoms with Gasteiger partial charge in [0, 0.05) is 11.1 Å². The van der Waals surface area contributed by atoms with Crippen LogP contribution in [-0.4, -0.2) is 17.5 Å². The van der Waals surface area contributed by atoms with Crippen LogP contribution in [0.3, 0.4) is 0 Å². The van der Waals surface area contributed by atoms with Crippen LogP contribution in [0.4, 0.5) is 0 Å². The van der Waals surface area contributed by atoms with Crippen molar-refractivity contribution in [2.75, 3.05) is 0 Å². The van der Waals surface area contributed by atoms with Crippen LogP contribution in [0.15, 0.2) is 24.3 Å². The second-order valence-electron chi connectivity index (χ2n) is 4.98. The lowest BCUT2D eigenvalue weighted by Gasteiger charge is -2.24. The Morgan fingerprint density at radius 3 is 2.78 bits per heavy atom. The predicted octanol–water partition coefficient (Wildman–Crippen LogP) is 2.51. The van der Waals surface area contributed by atoms with Crippen molar-refractivity contribution in [2.45, 2.75) is 45.2 Å². The maximum absolute atomic E-state index is 11.9. The fourth-order valence-corrected chi connectivity index (χ4v) is 1.83. The normalized spacial score (nSPS) is 15.8. The Morgan fingerprint density at radius 2 is 2.22 bits per heavy atom. The number of nitrogens with two attached hydrogens (primary N) is 1. The molecule has 1 amide bonds. The lowest BCUT2D eigenvalue weighted by Crippen LogP contribution is -2.53. The third kappa shape index (κ3) is 4.31. The first kappa shape index (κ1) is 15.0. The van der Waals surface area contributed by atoms with Crippen molar-refractivity contribution < 1.29 is 4.79 Å². The number of hydrogen-bond acceptors (Lipinski definition) is 2. The molecule has 2 atom stereocenters. The summed E-state index contributed by atoms with van der Waals surface area (Å²) in [4.78, 5) is 11.9. The van der Waals surface area contributed by atoms with Crippen molar-refractivity contribution in [1.29, 1.82) is 0 Å². The monoisotopic (exact) mass is 268 g/mol. The number of carbonyl (C=O) groups excluding carboxylic acids is 1. The first-order valence-corrected chi connectivity index (χ1v) is 6.57. The fourth-order valence-electron chi connectivity index (χ4n) is 1.62. The minimum absolute atomic E-state index is 0.0328. The Bertz CT molecular complexity index is 418. The molecule has 1 aromatic rings. The lowest BCUT2D eigenvalue weighted by molar-refractivity contribution is -0.126. The summed E-state index contributed by atoms with van der Waals surface area (Å²) in [7, 11) is 0. The van der Waals surface area contributed by atoms with E-state index < -0.39 is 5.54 Å². The van der Waals surface area contributed by atoms with Crippen LogP contribution in [0, 0.1) is 0 Å². The standard InChI is InChI=1S/C14H21ClN2O/c1-4-14(3,16)13(18)17-10(2)8-11-6-5-7-12(15)9-11/h5-7,9-10H,4,8,16H2,1-3H3,(H,17,18). The maximum Gasteiger partial charge on any atom is 0.240 e. The van der Waals surface area contributed by atoms with Crippen molar-refractivity contribution >= 4 is 17.5 Å². The minimum Gasteiger partial charge on any atom is -0.352 e. The molecule has 0 aromatic heterocycles. The van der Waals surface area contributed by atoms with Gasteiger partial charge in [-0.3, -0.25) is 4.79 Å². The summed E-state index contributed by atoms with van der Waals surface area (Å²) >= 11 is 5.92. The zero-order chi connectivity index (χ0) is 13.8. The highest BCUT2D eigenvalue weighted by molar-refractivity contribution is 6.30. The van der Waals surface area contributed by atoms with E-state index >= 15 is 0 Å². The van der Waals surface area contributed by atoms with Crippen LogP contribution in [0.5, 0.6) is 0 Å². The molecular weight excluding hydrogens is 248 g/mol. The van der Waals surface area contributed by atoms with Crippen molar-refractivity contribution in [3.63, 3.8) is 0 Å². The molecular formula is C14H21ClN2O. The van der Waals surface area contributed by atoms with Gasteiger partial charge < -0.3 is 11.1 Å².